The molecule has 0 radical (unpaired) electrons. The number of aliphatic hydroxyl groups is 1. The molecule has 1 saturated carbocycles. The molecule has 1 aromatic carbocycles. The number of halogens is 1. The van der Waals surface area contributed by atoms with E-state index in [1.54, 1.807) is 13.8 Å². The summed E-state index contributed by atoms with van der Waals surface area (Å²) in [5, 5.41) is 13.5. The Kier molecular flexibility index (Phi) is 4.94. The minimum absolute atomic E-state index is 0.113. The lowest BCUT2D eigenvalue weighted by Crippen LogP contribution is -2.38. The highest BCUT2D eigenvalue weighted by Crippen LogP contribution is 2.19. The number of hydrogen-bond acceptors (Lipinski definition) is 2. The van der Waals surface area contributed by atoms with Gasteiger partial charge in [0.15, 0.2) is 0 Å². The molecule has 0 amide bonds. The molecule has 2 N–H and O–H groups in total. The van der Waals surface area contributed by atoms with Gasteiger partial charge in [0.2, 0.25) is 0 Å². The first kappa shape index (κ1) is 14.5. The van der Waals surface area contributed by atoms with Crippen LogP contribution in [0.3, 0.4) is 0 Å². The van der Waals surface area contributed by atoms with E-state index in [4.69, 9.17) is 0 Å². The van der Waals surface area contributed by atoms with Crippen LogP contribution in [-0.2, 0) is 6.54 Å². The molecule has 0 bridgehead atoms. The largest absolute Gasteiger partial charge is 0.392 e. The number of aliphatic hydroxyl groups excluding tert-OH is 1. The number of benzene rings is 1. The van der Waals surface area contributed by atoms with Crippen molar-refractivity contribution in [3.8, 4) is 0 Å². The Bertz CT molecular complexity index is 410. The van der Waals surface area contributed by atoms with Gasteiger partial charge in [-0.05, 0) is 43.4 Å². The summed E-state index contributed by atoms with van der Waals surface area (Å²) >= 11 is 0. The monoisotopic (exact) mass is 265 g/mol. The summed E-state index contributed by atoms with van der Waals surface area (Å²) in [6.45, 7) is 4.29. The van der Waals surface area contributed by atoms with Gasteiger partial charge in [0, 0.05) is 12.6 Å². The van der Waals surface area contributed by atoms with Gasteiger partial charge in [-0.15, -0.1) is 0 Å². The normalized spacial score (nSPS) is 24.2. The van der Waals surface area contributed by atoms with Gasteiger partial charge in [-0.1, -0.05) is 31.4 Å². The third-order valence-electron chi connectivity index (χ3n) is 4.04. The second kappa shape index (κ2) is 6.49. The van der Waals surface area contributed by atoms with E-state index < -0.39 is 0 Å². The van der Waals surface area contributed by atoms with Crippen molar-refractivity contribution < 1.29 is 9.50 Å². The predicted molar refractivity (Wildman–Crippen MR) is 75.6 cm³/mol. The molecule has 0 aromatic heterocycles. The van der Waals surface area contributed by atoms with Crippen LogP contribution in [0, 0.1) is 19.7 Å². The van der Waals surface area contributed by atoms with E-state index in [2.05, 4.69) is 5.32 Å². The molecule has 0 heterocycles. The molecule has 106 valence electrons. The molecule has 2 atom stereocenters. The molecule has 0 aliphatic heterocycles. The second-order valence-electron chi connectivity index (χ2n) is 5.74. The van der Waals surface area contributed by atoms with E-state index in [0.29, 0.717) is 17.7 Å². The summed E-state index contributed by atoms with van der Waals surface area (Å²) in [6, 6.07) is 3.95. The van der Waals surface area contributed by atoms with Crippen LogP contribution in [0.5, 0.6) is 0 Å². The average Bonchev–Trinajstić information content (AvgIpc) is 2.58. The maximum Gasteiger partial charge on any atom is 0.129 e. The fourth-order valence-electron chi connectivity index (χ4n) is 2.91. The van der Waals surface area contributed by atoms with Crippen LogP contribution in [0.1, 0.15) is 48.8 Å². The Morgan fingerprint density at radius 1 is 1.16 bits per heavy atom. The number of nitrogens with one attached hydrogen (secondary N) is 1. The van der Waals surface area contributed by atoms with E-state index in [9.17, 15) is 9.50 Å². The first-order valence-corrected chi connectivity index (χ1v) is 7.25. The van der Waals surface area contributed by atoms with Crippen LogP contribution in [0.25, 0.3) is 0 Å². The molecule has 1 aliphatic rings. The van der Waals surface area contributed by atoms with Crippen LogP contribution in [0.15, 0.2) is 12.1 Å². The van der Waals surface area contributed by atoms with Gasteiger partial charge in [-0.2, -0.15) is 0 Å². The minimum Gasteiger partial charge on any atom is -0.392 e. The van der Waals surface area contributed by atoms with E-state index in [-0.39, 0.29) is 18.0 Å². The highest BCUT2D eigenvalue weighted by molar-refractivity contribution is 5.30. The van der Waals surface area contributed by atoms with Gasteiger partial charge in [-0.3, -0.25) is 0 Å². The van der Waals surface area contributed by atoms with Crippen molar-refractivity contribution >= 4 is 0 Å². The summed E-state index contributed by atoms with van der Waals surface area (Å²) in [6.07, 6.45) is 5.18. The van der Waals surface area contributed by atoms with Crippen molar-refractivity contribution in [1.82, 2.24) is 5.32 Å². The zero-order chi connectivity index (χ0) is 13.8. The molecule has 2 unspecified atom stereocenters. The van der Waals surface area contributed by atoms with Gasteiger partial charge in [-0.25, -0.2) is 4.39 Å². The van der Waals surface area contributed by atoms with Crippen molar-refractivity contribution in [1.29, 1.82) is 0 Å². The standard InChI is InChI=1S/C16H24FNO/c1-11-8-13(9-12(2)16(11)17)10-18-14-6-4-3-5-7-15(14)19/h8-9,14-15,18-19H,3-7,10H2,1-2H3. The summed E-state index contributed by atoms with van der Waals surface area (Å²) in [4.78, 5) is 0. The van der Waals surface area contributed by atoms with Crippen LogP contribution < -0.4 is 5.32 Å². The molecule has 19 heavy (non-hydrogen) atoms. The Morgan fingerprint density at radius 3 is 2.47 bits per heavy atom. The molecule has 2 nitrogen and oxygen atoms in total. The van der Waals surface area contributed by atoms with Crippen molar-refractivity contribution in [3.05, 3.63) is 34.6 Å². The SMILES string of the molecule is Cc1cc(CNC2CCCCCC2O)cc(C)c1F. The van der Waals surface area contributed by atoms with E-state index >= 15 is 0 Å². The Balaban J connectivity index is 1.98. The molecule has 3 heteroatoms. The summed E-state index contributed by atoms with van der Waals surface area (Å²) in [5.41, 5.74) is 2.48. The lowest BCUT2D eigenvalue weighted by Gasteiger charge is -2.22. The molecule has 0 saturated heterocycles. The van der Waals surface area contributed by atoms with E-state index in [1.807, 2.05) is 12.1 Å². The van der Waals surface area contributed by atoms with Crippen LogP contribution in [0.4, 0.5) is 4.39 Å². The van der Waals surface area contributed by atoms with Gasteiger partial charge >= 0.3 is 0 Å². The maximum absolute atomic E-state index is 13.6. The lowest BCUT2D eigenvalue weighted by atomic mass is 10.0. The van der Waals surface area contributed by atoms with Crippen molar-refractivity contribution in [2.24, 2.45) is 0 Å². The Labute approximate surface area is 115 Å². The van der Waals surface area contributed by atoms with Crippen LogP contribution >= 0.6 is 0 Å². The molecular weight excluding hydrogens is 241 g/mol. The average molecular weight is 265 g/mol. The quantitative estimate of drug-likeness (QED) is 0.822. The fraction of sp³-hybridized carbons (Fsp3) is 0.625. The number of hydrogen-bond donors (Lipinski definition) is 2. The molecular formula is C16H24FNO. The highest BCUT2D eigenvalue weighted by Gasteiger charge is 2.20. The van der Waals surface area contributed by atoms with Crippen LogP contribution in [0.2, 0.25) is 0 Å². The van der Waals surface area contributed by atoms with Crippen LogP contribution in [-0.4, -0.2) is 17.3 Å². The molecule has 1 fully saturated rings. The summed E-state index contributed by atoms with van der Waals surface area (Å²) in [5.74, 6) is -0.113. The van der Waals surface area contributed by atoms with Gasteiger partial charge in [0.05, 0.1) is 6.10 Å². The summed E-state index contributed by atoms with van der Waals surface area (Å²) in [7, 11) is 0. The zero-order valence-corrected chi connectivity index (χ0v) is 11.9. The minimum atomic E-state index is -0.245. The third kappa shape index (κ3) is 3.77. The first-order chi connectivity index (χ1) is 9.08. The van der Waals surface area contributed by atoms with Crippen molar-refractivity contribution in [3.63, 3.8) is 0 Å². The highest BCUT2D eigenvalue weighted by atomic mass is 19.1. The first-order valence-electron chi connectivity index (χ1n) is 7.25. The fourth-order valence-corrected chi connectivity index (χ4v) is 2.91. The molecule has 1 aromatic rings. The Morgan fingerprint density at radius 2 is 1.79 bits per heavy atom. The topological polar surface area (TPSA) is 32.3 Å². The van der Waals surface area contributed by atoms with Gasteiger partial charge in [0.25, 0.3) is 0 Å². The predicted octanol–water partition coefficient (Wildman–Crippen LogP) is 3.23. The molecule has 1 aliphatic carbocycles. The van der Waals surface area contributed by atoms with Crippen molar-refractivity contribution in [2.75, 3.05) is 0 Å². The molecule has 0 spiro atoms. The van der Waals surface area contributed by atoms with Gasteiger partial charge in [0.1, 0.15) is 5.82 Å². The number of rotatable bonds is 3. The van der Waals surface area contributed by atoms with Gasteiger partial charge < -0.3 is 10.4 Å². The Hall–Kier alpha value is -0.930. The third-order valence-corrected chi connectivity index (χ3v) is 4.04. The smallest absolute Gasteiger partial charge is 0.129 e. The second-order valence-corrected chi connectivity index (χ2v) is 5.74. The molecule has 2 rings (SSSR count). The summed E-state index contributed by atoms with van der Waals surface area (Å²) < 4.78 is 13.6. The maximum atomic E-state index is 13.6. The zero-order valence-electron chi connectivity index (χ0n) is 11.9. The van der Waals surface area contributed by atoms with E-state index in [0.717, 1.165) is 24.8 Å². The van der Waals surface area contributed by atoms with E-state index in [1.165, 1.54) is 12.8 Å². The number of aryl methyl sites for hydroxylation is 2. The van der Waals surface area contributed by atoms with Crippen molar-refractivity contribution in [2.45, 2.75) is 64.6 Å². The lowest BCUT2D eigenvalue weighted by molar-refractivity contribution is 0.119.